The van der Waals surface area contributed by atoms with Crippen molar-refractivity contribution in [3.8, 4) is 0 Å². The van der Waals surface area contributed by atoms with Gasteiger partial charge in [-0.1, -0.05) is 60.7 Å². The molecule has 3 aromatic carbocycles. The number of hydrogen-bond acceptors (Lipinski definition) is 4. The van der Waals surface area contributed by atoms with Gasteiger partial charge in [-0.3, -0.25) is 19.8 Å². The van der Waals surface area contributed by atoms with Crippen molar-refractivity contribution < 1.29 is 18.8 Å². The number of aromatic nitrogens is 1. The lowest BCUT2D eigenvalue weighted by atomic mass is 10.0. The van der Waals surface area contributed by atoms with E-state index in [9.17, 15) is 14.4 Å². The zero-order valence-corrected chi connectivity index (χ0v) is 19.2. The van der Waals surface area contributed by atoms with Crippen LogP contribution in [0.3, 0.4) is 0 Å². The fourth-order valence-corrected chi connectivity index (χ4v) is 4.69. The van der Waals surface area contributed by atoms with Crippen LogP contribution in [0.2, 0.25) is 0 Å². The molecule has 0 unspecified atom stereocenters. The summed E-state index contributed by atoms with van der Waals surface area (Å²) in [6, 6.07) is 24.9. The van der Waals surface area contributed by atoms with Crippen LogP contribution in [0.4, 0.5) is 4.79 Å². The molecular weight excluding hydrogens is 454 g/mol. The Morgan fingerprint density at radius 2 is 1.58 bits per heavy atom. The molecule has 1 fully saturated rings. The normalized spacial score (nSPS) is 15.3. The molecule has 0 aliphatic carbocycles. The highest BCUT2D eigenvalue weighted by Crippen LogP contribution is 2.28. The van der Waals surface area contributed by atoms with E-state index in [0.717, 1.165) is 26.9 Å². The Morgan fingerprint density at radius 1 is 0.806 bits per heavy atom. The summed E-state index contributed by atoms with van der Waals surface area (Å²) in [5, 5.41) is 5.51. The van der Waals surface area contributed by atoms with Crippen LogP contribution in [0.15, 0.2) is 101 Å². The van der Waals surface area contributed by atoms with E-state index >= 15 is 0 Å². The molecule has 6 rings (SSSR count). The highest BCUT2D eigenvalue weighted by Gasteiger charge is 2.36. The van der Waals surface area contributed by atoms with Crippen LogP contribution in [0.25, 0.3) is 27.8 Å². The third-order valence-corrected chi connectivity index (χ3v) is 6.42. The van der Waals surface area contributed by atoms with Crippen molar-refractivity contribution in [2.24, 2.45) is 0 Å². The van der Waals surface area contributed by atoms with Crippen LogP contribution < -0.4 is 5.32 Å². The van der Waals surface area contributed by atoms with Gasteiger partial charge in [0.25, 0.3) is 11.8 Å². The number of urea groups is 1. The summed E-state index contributed by atoms with van der Waals surface area (Å²) in [5.74, 6) is -0.934. The second-order valence-corrected chi connectivity index (χ2v) is 8.66. The van der Waals surface area contributed by atoms with Crippen molar-refractivity contribution in [3.05, 3.63) is 114 Å². The first kappa shape index (κ1) is 21.6. The summed E-state index contributed by atoms with van der Waals surface area (Å²) in [5.41, 5.74) is 2.75. The molecule has 2 aromatic heterocycles. The lowest BCUT2D eigenvalue weighted by Gasteiger charge is -2.25. The first-order valence-electron chi connectivity index (χ1n) is 11.5. The van der Waals surface area contributed by atoms with Crippen LogP contribution in [0.5, 0.6) is 0 Å². The van der Waals surface area contributed by atoms with Gasteiger partial charge in [0, 0.05) is 29.2 Å². The summed E-state index contributed by atoms with van der Waals surface area (Å²) in [7, 11) is 0. The minimum atomic E-state index is -0.767. The summed E-state index contributed by atoms with van der Waals surface area (Å²) >= 11 is 0. The molecule has 3 heterocycles. The average Bonchev–Trinajstić information content (AvgIpc) is 3.53. The lowest BCUT2D eigenvalue weighted by molar-refractivity contribution is -0.130. The maximum absolute atomic E-state index is 13.2. The molecule has 176 valence electrons. The molecule has 0 spiro atoms. The largest absolute Gasteiger partial charge is 0.467 e. The van der Waals surface area contributed by atoms with Gasteiger partial charge >= 0.3 is 6.03 Å². The van der Waals surface area contributed by atoms with Crippen LogP contribution in [0, 0.1) is 0 Å². The van der Waals surface area contributed by atoms with Gasteiger partial charge in [-0.15, -0.1) is 0 Å². The number of benzene rings is 3. The third kappa shape index (κ3) is 3.76. The lowest BCUT2D eigenvalue weighted by Crippen LogP contribution is -2.53. The highest BCUT2D eigenvalue weighted by molar-refractivity contribution is 6.31. The van der Waals surface area contributed by atoms with Crippen LogP contribution in [-0.2, 0) is 22.7 Å². The fourth-order valence-electron chi connectivity index (χ4n) is 4.69. The molecule has 1 saturated heterocycles. The minimum absolute atomic E-state index is 0.0644. The molecule has 0 atom stereocenters. The van der Waals surface area contributed by atoms with Gasteiger partial charge in [-0.25, -0.2) is 4.79 Å². The predicted octanol–water partition coefficient (Wildman–Crippen LogP) is 5.10. The Morgan fingerprint density at radius 3 is 2.42 bits per heavy atom. The van der Waals surface area contributed by atoms with Gasteiger partial charge in [0.05, 0.1) is 12.8 Å². The number of rotatable bonds is 5. The molecule has 36 heavy (non-hydrogen) atoms. The van der Waals surface area contributed by atoms with Crippen molar-refractivity contribution in [1.29, 1.82) is 0 Å². The summed E-state index contributed by atoms with van der Waals surface area (Å²) in [6.45, 7) is 0.555. The van der Waals surface area contributed by atoms with E-state index in [1.807, 2.05) is 48.7 Å². The Kier molecular flexibility index (Phi) is 5.22. The van der Waals surface area contributed by atoms with Crippen molar-refractivity contribution in [1.82, 2.24) is 14.8 Å². The van der Waals surface area contributed by atoms with Gasteiger partial charge in [0.15, 0.2) is 0 Å². The molecule has 5 aromatic rings. The number of amides is 4. The zero-order valence-electron chi connectivity index (χ0n) is 19.2. The quantitative estimate of drug-likeness (QED) is 0.283. The van der Waals surface area contributed by atoms with E-state index < -0.39 is 17.8 Å². The smallest absolute Gasteiger partial charge is 0.331 e. The molecule has 1 aliphatic heterocycles. The van der Waals surface area contributed by atoms with Gasteiger partial charge < -0.3 is 8.98 Å². The van der Waals surface area contributed by atoms with E-state index in [1.54, 1.807) is 18.2 Å². The summed E-state index contributed by atoms with van der Waals surface area (Å²) in [6.07, 6.45) is 4.96. The van der Waals surface area contributed by atoms with Gasteiger partial charge in [0.1, 0.15) is 11.3 Å². The second kappa shape index (κ2) is 8.70. The Bertz CT molecular complexity index is 1670. The van der Waals surface area contributed by atoms with Crippen LogP contribution in [-0.4, -0.2) is 27.3 Å². The highest BCUT2D eigenvalue weighted by atomic mass is 16.3. The number of carbonyl (C=O) groups excluding carboxylic acids is 3. The Balaban J connectivity index is 1.40. The number of para-hydroxylation sites is 1. The van der Waals surface area contributed by atoms with Crippen molar-refractivity contribution in [2.75, 3.05) is 0 Å². The predicted molar refractivity (Wildman–Crippen MR) is 136 cm³/mol. The van der Waals surface area contributed by atoms with Gasteiger partial charge in [-0.05, 0) is 40.6 Å². The number of nitrogens with zero attached hydrogens (tertiary/aromatic N) is 2. The molecule has 1 N–H and O–H groups in total. The van der Waals surface area contributed by atoms with Crippen LogP contribution >= 0.6 is 0 Å². The monoisotopic (exact) mass is 475 g/mol. The van der Waals surface area contributed by atoms with E-state index in [2.05, 4.69) is 34.1 Å². The molecule has 0 bridgehead atoms. The van der Waals surface area contributed by atoms with Crippen molar-refractivity contribution >= 4 is 45.6 Å². The Labute approximate surface area is 206 Å². The number of barbiturate groups is 1. The molecule has 4 amide bonds. The van der Waals surface area contributed by atoms with E-state index in [1.165, 1.54) is 17.0 Å². The third-order valence-electron chi connectivity index (χ3n) is 6.42. The van der Waals surface area contributed by atoms with E-state index in [-0.39, 0.29) is 12.1 Å². The second-order valence-electron chi connectivity index (χ2n) is 8.66. The maximum atomic E-state index is 13.2. The van der Waals surface area contributed by atoms with E-state index in [0.29, 0.717) is 12.3 Å². The molecule has 1 aliphatic rings. The maximum Gasteiger partial charge on any atom is 0.331 e. The standard InChI is InChI=1S/C29H21N3O4/c33-27-25(28(34)32(29(35)30-27)18-22-10-6-14-36-22)15-21-17-31(26-13-4-3-12-24(21)26)16-20-9-5-8-19-7-1-2-11-23(19)20/h1-15,17H,16,18H2,(H,30,33,35)/b25-15-. The van der Waals surface area contributed by atoms with Crippen molar-refractivity contribution in [2.45, 2.75) is 13.1 Å². The molecule has 0 saturated carbocycles. The van der Waals surface area contributed by atoms with Gasteiger partial charge in [-0.2, -0.15) is 0 Å². The average molecular weight is 476 g/mol. The molecule has 7 heteroatoms. The van der Waals surface area contributed by atoms with E-state index in [4.69, 9.17) is 4.42 Å². The summed E-state index contributed by atoms with van der Waals surface area (Å²) < 4.78 is 7.39. The first-order chi connectivity index (χ1) is 17.6. The minimum Gasteiger partial charge on any atom is -0.467 e. The Hall–Kier alpha value is -4.91. The van der Waals surface area contributed by atoms with Crippen LogP contribution in [0.1, 0.15) is 16.9 Å². The molecule has 7 nitrogen and oxygen atoms in total. The number of hydrogen-bond donors (Lipinski definition) is 1. The number of carbonyl (C=O) groups is 3. The van der Waals surface area contributed by atoms with Gasteiger partial charge in [0.2, 0.25) is 0 Å². The topological polar surface area (TPSA) is 84.6 Å². The van der Waals surface area contributed by atoms with Crippen molar-refractivity contribution in [3.63, 3.8) is 0 Å². The number of furan rings is 1. The zero-order chi connectivity index (χ0) is 24.6. The number of fused-ring (bicyclic) bond motifs is 2. The SMILES string of the molecule is O=C1NC(=O)N(Cc2ccco2)C(=O)/C1=C\c1cn(Cc2cccc3ccccc23)c2ccccc12. The summed E-state index contributed by atoms with van der Waals surface area (Å²) in [4.78, 5) is 39.2. The fraction of sp³-hybridized carbons (Fsp3) is 0.0690. The number of imide groups is 2. The first-order valence-corrected chi connectivity index (χ1v) is 11.5. The molecule has 0 radical (unpaired) electrons. The molecular formula is C29H21N3O4. The number of nitrogens with one attached hydrogen (secondary N) is 1.